The second-order valence-electron chi connectivity index (χ2n) is 3.34. The van der Waals surface area contributed by atoms with E-state index in [1.807, 2.05) is 0 Å². The largest absolute Gasteiger partial charge is 0.369 e. The second-order valence-corrected chi connectivity index (χ2v) is 3.72. The lowest BCUT2D eigenvalue weighted by Crippen LogP contribution is -2.13. The minimum absolute atomic E-state index is 0.0771. The maximum Gasteiger partial charge on any atom is 0.271 e. The Hall–Kier alpha value is -1.89. The van der Waals surface area contributed by atoms with E-state index in [0.717, 1.165) is 13.0 Å². The second kappa shape index (κ2) is 5.44. The Kier molecular flexibility index (Phi) is 3.71. The summed E-state index contributed by atoms with van der Waals surface area (Å²) in [4.78, 5) is 17.5. The molecule has 7 nitrogen and oxygen atoms in total. The van der Waals surface area contributed by atoms with Gasteiger partial charge in [-0.1, -0.05) is 16.8 Å². The lowest BCUT2D eigenvalue weighted by Gasteiger charge is -2.05. The molecule has 0 spiro atoms. The maximum atomic E-state index is 11.2. The fourth-order valence-corrected chi connectivity index (χ4v) is 1.48. The van der Waals surface area contributed by atoms with Gasteiger partial charge in [-0.25, -0.2) is 4.98 Å². The van der Waals surface area contributed by atoms with E-state index in [9.17, 15) is 4.79 Å². The number of hydrogen-bond donors (Lipinski definition) is 2. The van der Waals surface area contributed by atoms with Crippen LogP contribution in [0.4, 0.5) is 5.82 Å². The molecule has 2 aromatic rings. The van der Waals surface area contributed by atoms with Crippen LogP contribution in [0.1, 0.15) is 6.42 Å². The van der Waals surface area contributed by atoms with Crippen LogP contribution in [0, 0.1) is 0 Å². The molecule has 2 heterocycles. The molecular formula is C9H11ClN6O. The number of halogens is 1. The third-order valence-electron chi connectivity index (χ3n) is 2.12. The molecular weight excluding hydrogens is 244 g/mol. The molecule has 0 saturated carbocycles. The Morgan fingerprint density at radius 1 is 1.53 bits per heavy atom. The van der Waals surface area contributed by atoms with Gasteiger partial charge in [-0.2, -0.15) is 0 Å². The van der Waals surface area contributed by atoms with Gasteiger partial charge < -0.3 is 10.3 Å². The van der Waals surface area contributed by atoms with E-state index < -0.39 is 0 Å². The SMILES string of the molecule is O=c1[nH]cnc(NCCCn2ccnn2)c1Cl. The molecule has 0 saturated heterocycles. The van der Waals surface area contributed by atoms with Crippen LogP contribution in [0.25, 0.3) is 0 Å². The predicted octanol–water partition coefficient (Wildman–Crippen LogP) is 0.517. The van der Waals surface area contributed by atoms with Crippen LogP contribution in [0.15, 0.2) is 23.5 Å². The van der Waals surface area contributed by atoms with Gasteiger partial charge in [0.2, 0.25) is 0 Å². The van der Waals surface area contributed by atoms with Crippen molar-refractivity contribution in [1.29, 1.82) is 0 Å². The lowest BCUT2D eigenvalue weighted by molar-refractivity contribution is 0.569. The van der Waals surface area contributed by atoms with Gasteiger partial charge >= 0.3 is 0 Å². The summed E-state index contributed by atoms with van der Waals surface area (Å²) in [5, 5.41) is 10.6. The molecule has 0 amide bonds. The highest BCUT2D eigenvalue weighted by atomic mass is 35.5. The highest BCUT2D eigenvalue weighted by Crippen LogP contribution is 2.11. The summed E-state index contributed by atoms with van der Waals surface area (Å²) in [6.07, 6.45) is 5.56. The molecule has 0 unspecified atom stereocenters. The van der Waals surface area contributed by atoms with Crippen molar-refractivity contribution < 1.29 is 0 Å². The Morgan fingerprint density at radius 2 is 2.41 bits per heavy atom. The van der Waals surface area contributed by atoms with Crippen LogP contribution in [0.2, 0.25) is 5.02 Å². The van der Waals surface area contributed by atoms with Crippen molar-refractivity contribution >= 4 is 17.4 Å². The zero-order valence-corrected chi connectivity index (χ0v) is 9.68. The van der Waals surface area contributed by atoms with Crippen molar-refractivity contribution in [3.05, 3.63) is 34.1 Å². The number of aryl methyl sites for hydroxylation is 1. The number of hydrogen-bond acceptors (Lipinski definition) is 5. The van der Waals surface area contributed by atoms with Gasteiger partial charge in [0.05, 0.1) is 12.5 Å². The number of aromatic amines is 1. The topological polar surface area (TPSA) is 88.5 Å². The fraction of sp³-hybridized carbons (Fsp3) is 0.333. The molecule has 0 aromatic carbocycles. The lowest BCUT2D eigenvalue weighted by atomic mass is 10.4. The molecule has 0 bridgehead atoms. The van der Waals surface area contributed by atoms with Crippen molar-refractivity contribution in [2.45, 2.75) is 13.0 Å². The molecule has 2 rings (SSSR count). The highest BCUT2D eigenvalue weighted by molar-refractivity contribution is 6.32. The van der Waals surface area contributed by atoms with Gasteiger partial charge in [0.15, 0.2) is 5.82 Å². The van der Waals surface area contributed by atoms with E-state index in [0.29, 0.717) is 12.4 Å². The minimum atomic E-state index is -0.347. The monoisotopic (exact) mass is 254 g/mol. The molecule has 17 heavy (non-hydrogen) atoms. The summed E-state index contributed by atoms with van der Waals surface area (Å²) in [6, 6.07) is 0. The highest BCUT2D eigenvalue weighted by Gasteiger charge is 2.04. The molecule has 2 aromatic heterocycles. The average Bonchev–Trinajstić information content (AvgIpc) is 2.83. The molecule has 90 valence electrons. The number of anilines is 1. The number of nitrogens with one attached hydrogen (secondary N) is 2. The summed E-state index contributed by atoms with van der Waals surface area (Å²) < 4.78 is 1.73. The number of rotatable bonds is 5. The zero-order valence-electron chi connectivity index (χ0n) is 8.93. The summed E-state index contributed by atoms with van der Waals surface area (Å²) in [5.74, 6) is 0.397. The number of nitrogens with zero attached hydrogens (tertiary/aromatic N) is 4. The summed E-state index contributed by atoms with van der Waals surface area (Å²) in [6.45, 7) is 1.39. The molecule has 2 N–H and O–H groups in total. The van der Waals surface area contributed by atoms with Crippen LogP contribution in [0.3, 0.4) is 0 Å². The van der Waals surface area contributed by atoms with Crippen molar-refractivity contribution in [2.75, 3.05) is 11.9 Å². The molecule has 0 atom stereocenters. The molecule has 0 fully saturated rings. The first kappa shape index (κ1) is 11.6. The average molecular weight is 255 g/mol. The van der Waals surface area contributed by atoms with Gasteiger partial charge in [0.1, 0.15) is 5.02 Å². The van der Waals surface area contributed by atoms with E-state index >= 15 is 0 Å². The van der Waals surface area contributed by atoms with E-state index in [-0.39, 0.29) is 10.6 Å². The van der Waals surface area contributed by atoms with Gasteiger partial charge in [-0.3, -0.25) is 9.48 Å². The van der Waals surface area contributed by atoms with Crippen molar-refractivity contribution in [1.82, 2.24) is 25.0 Å². The number of aromatic nitrogens is 5. The third kappa shape index (κ3) is 3.04. The smallest absolute Gasteiger partial charge is 0.271 e. The standard InChI is InChI=1S/C9H11ClN6O/c10-7-8(12-6-13-9(7)17)11-2-1-4-16-5-3-14-15-16/h3,5-6H,1-2,4H2,(H2,11,12,13,17). The van der Waals surface area contributed by atoms with Gasteiger partial charge in [-0.05, 0) is 6.42 Å². The Balaban J connectivity index is 1.82. The Bertz CT molecular complexity index is 523. The van der Waals surface area contributed by atoms with Gasteiger partial charge in [-0.15, -0.1) is 5.10 Å². The van der Waals surface area contributed by atoms with Crippen LogP contribution < -0.4 is 10.9 Å². The van der Waals surface area contributed by atoms with Crippen molar-refractivity contribution in [3.63, 3.8) is 0 Å². The summed E-state index contributed by atoms with van der Waals surface area (Å²) >= 11 is 5.78. The molecule has 0 aliphatic heterocycles. The van der Waals surface area contributed by atoms with Crippen molar-refractivity contribution in [3.8, 4) is 0 Å². The van der Waals surface area contributed by atoms with Crippen molar-refractivity contribution in [2.24, 2.45) is 0 Å². The normalized spacial score (nSPS) is 10.4. The predicted molar refractivity (Wildman–Crippen MR) is 63.0 cm³/mol. The van der Waals surface area contributed by atoms with Crippen LogP contribution in [0.5, 0.6) is 0 Å². The zero-order chi connectivity index (χ0) is 12.1. The van der Waals surface area contributed by atoms with Crippen LogP contribution >= 0.6 is 11.6 Å². The fourth-order valence-electron chi connectivity index (χ4n) is 1.31. The first-order valence-electron chi connectivity index (χ1n) is 5.08. The summed E-state index contributed by atoms with van der Waals surface area (Å²) in [5.41, 5.74) is -0.347. The van der Waals surface area contributed by atoms with Gasteiger partial charge in [0.25, 0.3) is 5.56 Å². The summed E-state index contributed by atoms with van der Waals surface area (Å²) in [7, 11) is 0. The van der Waals surface area contributed by atoms with Crippen LogP contribution in [-0.2, 0) is 6.54 Å². The quantitative estimate of drug-likeness (QED) is 0.760. The van der Waals surface area contributed by atoms with E-state index in [1.165, 1.54) is 6.33 Å². The van der Waals surface area contributed by atoms with E-state index in [4.69, 9.17) is 11.6 Å². The first-order chi connectivity index (χ1) is 8.27. The van der Waals surface area contributed by atoms with Crippen LogP contribution in [-0.4, -0.2) is 31.5 Å². The minimum Gasteiger partial charge on any atom is -0.369 e. The Morgan fingerprint density at radius 3 is 3.18 bits per heavy atom. The first-order valence-corrected chi connectivity index (χ1v) is 5.46. The van der Waals surface area contributed by atoms with E-state index in [2.05, 4.69) is 25.6 Å². The Labute approximate surface area is 102 Å². The molecule has 8 heteroatoms. The maximum absolute atomic E-state index is 11.2. The molecule has 0 aliphatic rings. The molecule has 0 radical (unpaired) electrons. The number of H-pyrrole nitrogens is 1. The van der Waals surface area contributed by atoms with E-state index in [1.54, 1.807) is 17.1 Å². The third-order valence-corrected chi connectivity index (χ3v) is 2.48. The molecule has 0 aliphatic carbocycles. The van der Waals surface area contributed by atoms with Gasteiger partial charge in [0, 0.05) is 19.3 Å².